The number of likely N-dealkylation sites (tertiary alicyclic amines) is 1. The Hall–Kier alpha value is -3.89. The highest BCUT2D eigenvalue weighted by Crippen LogP contribution is 2.43. The first-order chi connectivity index (χ1) is 18.6. The van der Waals surface area contributed by atoms with Gasteiger partial charge in [-0.1, -0.05) is 18.6 Å². The highest BCUT2D eigenvalue weighted by atomic mass is 19.4. The fourth-order valence-corrected chi connectivity index (χ4v) is 6.01. The Bertz CT molecular complexity index is 1610. The average molecular weight is 539 g/mol. The molecule has 0 bridgehead atoms. The quantitative estimate of drug-likeness (QED) is 0.375. The molecule has 1 saturated carbocycles. The predicted octanol–water partition coefficient (Wildman–Crippen LogP) is 4.51. The molecule has 39 heavy (non-hydrogen) atoms. The molecule has 0 N–H and O–H groups in total. The topological polar surface area (TPSA) is 77.4 Å². The summed E-state index contributed by atoms with van der Waals surface area (Å²) >= 11 is 0. The summed E-state index contributed by atoms with van der Waals surface area (Å²) in [5, 5.41) is 8.39. The molecule has 11 heteroatoms. The SMILES string of the molecule is CC(=O)N1CCC(c2cc(C(F)(F)F)c3cn(-c4cccc([C@H](c5nncn5C)C5CCC5)c4)c(=O)n3c2)C1. The summed E-state index contributed by atoms with van der Waals surface area (Å²) in [5.74, 6) is 0.801. The molecule has 1 saturated heterocycles. The third-order valence-corrected chi connectivity index (χ3v) is 8.35. The van der Waals surface area contributed by atoms with E-state index in [-0.39, 0.29) is 23.3 Å². The average Bonchev–Trinajstić information content (AvgIpc) is 3.59. The van der Waals surface area contributed by atoms with Gasteiger partial charge in [-0.15, -0.1) is 10.2 Å². The zero-order valence-corrected chi connectivity index (χ0v) is 21.7. The van der Waals surface area contributed by atoms with E-state index in [0.29, 0.717) is 36.7 Å². The van der Waals surface area contributed by atoms with Crippen LogP contribution in [0.25, 0.3) is 11.2 Å². The van der Waals surface area contributed by atoms with Gasteiger partial charge in [-0.25, -0.2) is 4.79 Å². The van der Waals surface area contributed by atoms with Crippen LogP contribution >= 0.6 is 0 Å². The summed E-state index contributed by atoms with van der Waals surface area (Å²) in [4.78, 5) is 27.0. The number of hydrogen-bond acceptors (Lipinski definition) is 4. The molecule has 1 aliphatic heterocycles. The van der Waals surface area contributed by atoms with Crippen LogP contribution in [0.1, 0.15) is 67.0 Å². The lowest BCUT2D eigenvalue weighted by Crippen LogP contribution is -2.25. The number of aromatic nitrogens is 5. The third kappa shape index (κ3) is 4.43. The van der Waals surface area contributed by atoms with Crippen molar-refractivity contribution in [2.75, 3.05) is 13.1 Å². The number of halogens is 3. The molecule has 2 atom stereocenters. The molecule has 0 spiro atoms. The van der Waals surface area contributed by atoms with E-state index in [1.54, 1.807) is 17.3 Å². The summed E-state index contributed by atoms with van der Waals surface area (Å²) in [6.45, 7) is 2.27. The standard InChI is InChI=1S/C28H29F3N6O2/c1-17(38)35-10-9-20(13-35)21-12-23(28(29,30)31)24-15-36(27(39)37(24)14-21)22-8-4-7-19(11-22)25(18-5-3-6-18)26-33-32-16-34(26)2/h4,7-8,11-12,14-16,18,20,25H,3,5-6,9-10,13H2,1-2H3/t20?,25-/m1/s1. The van der Waals surface area contributed by atoms with Crippen molar-refractivity contribution in [1.82, 2.24) is 28.6 Å². The Morgan fingerprint density at radius 1 is 1.13 bits per heavy atom. The smallest absolute Gasteiger partial charge is 0.342 e. The van der Waals surface area contributed by atoms with Gasteiger partial charge in [0.05, 0.1) is 16.8 Å². The van der Waals surface area contributed by atoms with Crippen LogP contribution in [0.4, 0.5) is 13.2 Å². The summed E-state index contributed by atoms with van der Waals surface area (Å²) in [7, 11) is 1.89. The van der Waals surface area contributed by atoms with E-state index in [2.05, 4.69) is 10.2 Å². The summed E-state index contributed by atoms with van der Waals surface area (Å²) in [5.41, 5.74) is 0.203. The van der Waals surface area contributed by atoms with Crippen LogP contribution in [-0.2, 0) is 18.0 Å². The number of nitrogens with zero attached hydrogens (tertiary/aromatic N) is 6. The Morgan fingerprint density at radius 3 is 2.54 bits per heavy atom. The molecule has 3 aromatic heterocycles. The maximum absolute atomic E-state index is 14.2. The van der Waals surface area contributed by atoms with E-state index in [1.165, 1.54) is 23.9 Å². The van der Waals surface area contributed by atoms with Gasteiger partial charge in [-0.2, -0.15) is 13.2 Å². The molecule has 1 unspecified atom stereocenters. The zero-order valence-electron chi connectivity index (χ0n) is 21.7. The molecule has 2 fully saturated rings. The molecule has 0 radical (unpaired) electrons. The molecule has 8 nitrogen and oxygen atoms in total. The first kappa shape index (κ1) is 25.4. The summed E-state index contributed by atoms with van der Waals surface area (Å²) in [6.07, 6.45) is 3.56. The van der Waals surface area contributed by atoms with Crippen LogP contribution in [-0.4, -0.2) is 47.6 Å². The van der Waals surface area contributed by atoms with Gasteiger partial charge in [0.2, 0.25) is 5.91 Å². The summed E-state index contributed by atoms with van der Waals surface area (Å²) < 4.78 is 46.9. The molecule has 1 amide bonds. The lowest BCUT2D eigenvalue weighted by atomic mass is 9.72. The van der Waals surface area contributed by atoms with Crippen molar-refractivity contribution in [2.24, 2.45) is 13.0 Å². The summed E-state index contributed by atoms with van der Waals surface area (Å²) in [6, 6.07) is 8.53. The second-order valence-corrected chi connectivity index (χ2v) is 10.7. The maximum Gasteiger partial charge on any atom is 0.418 e. The second-order valence-electron chi connectivity index (χ2n) is 10.7. The van der Waals surface area contributed by atoms with E-state index in [1.807, 2.05) is 29.8 Å². The van der Waals surface area contributed by atoms with Gasteiger partial charge in [-0.3, -0.25) is 13.8 Å². The number of pyridine rings is 1. The molecule has 1 aliphatic carbocycles. The molecule has 2 aliphatic rings. The van der Waals surface area contributed by atoms with Crippen LogP contribution in [0.5, 0.6) is 0 Å². The zero-order chi connectivity index (χ0) is 27.5. The monoisotopic (exact) mass is 538 g/mol. The fourth-order valence-electron chi connectivity index (χ4n) is 6.01. The number of imidazole rings is 1. The number of carbonyl (C=O) groups excluding carboxylic acids is 1. The van der Waals surface area contributed by atoms with E-state index < -0.39 is 17.4 Å². The van der Waals surface area contributed by atoms with Crippen molar-refractivity contribution in [3.8, 4) is 5.69 Å². The second kappa shape index (κ2) is 9.39. The van der Waals surface area contributed by atoms with Crippen molar-refractivity contribution >= 4 is 11.4 Å². The Balaban J connectivity index is 1.45. The number of hydrogen-bond donors (Lipinski definition) is 0. The molecule has 4 aromatic rings. The lowest BCUT2D eigenvalue weighted by molar-refractivity contribution is -0.136. The Labute approximate surface area is 222 Å². The van der Waals surface area contributed by atoms with Crippen LogP contribution in [0.15, 0.2) is 53.8 Å². The fraction of sp³-hybridized carbons (Fsp3) is 0.429. The first-order valence-corrected chi connectivity index (χ1v) is 13.2. The van der Waals surface area contributed by atoms with Crippen molar-refractivity contribution < 1.29 is 18.0 Å². The van der Waals surface area contributed by atoms with Crippen LogP contribution < -0.4 is 5.69 Å². The first-order valence-electron chi connectivity index (χ1n) is 13.2. The van der Waals surface area contributed by atoms with E-state index in [9.17, 15) is 22.8 Å². The Morgan fingerprint density at radius 2 is 1.92 bits per heavy atom. The van der Waals surface area contributed by atoms with Crippen LogP contribution in [0.3, 0.4) is 0 Å². The molecular weight excluding hydrogens is 509 g/mol. The maximum atomic E-state index is 14.2. The number of aryl methyl sites for hydroxylation is 1. The minimum Gasteiger partial charge on any atom is -0.342 e. The minimum atomic E-state index is -4.65. The number of fused-ring (bicyclic) bond motifs is 1. The van der Waals surface area contributed by atoms with Gasteiger partial charge in [0.1, 0.15) is 12.2 Å². The molecular formula is C28H29F3N6O2. The number of carbonyl (C=O) groups is 1. The number of benzene rings is 1. The van der Waals surface area contributed by atoms with Crippen LogP contribution in [0, 0.1) is 5.92 Å². The van der Waals surface area contributed by atoms with Crippen molar-refractivity contribution in [2.45, 2.75) is 50.6 Å². The number of amides is 1. The van der Waals surface area contributed by atoms with Gasteiger partial charge in [0.25, 0.3) is 0 Å². The van der Waals surface area contributed by atoms with E-state index >= 15 is 0 Å². The van der Waals surface area contributed by atoms with Crippen molar-refractivity contribution in [1.29, 1.82) is 0 Å². The van der Waals surface area contributed by atoms with Gasteiger partial charge in [0.15, 0.2) is 0 Å². The predicted molar refractivity (Wildman–Crippen MR) is 138 cm³/mol. The minimum absolute atomic E-state index is 0.0251. The number of rotatable bonds is 5. The lowest BCUT2D eigenvalue weighted by Gasteiger charge is -2.33. The van der Waals surface area contributed by atoms with Crippen LogP contribution in [0.2, 0.25) is 0 Å². The molecule has 4 heterocycles. The van der Waals surface area contributed by atoms with Gasteiger partial charge in [-0.05, 0) is 54.5 Å². The Kier molecular flexibility index (Phi) is 6.11. The van der Waals surface area contributed by atoms with Gasteiger partial charge in [0, 0.05) is 51.3 Å². The van der Waals surface area contributed by atoms with E-state index in [0.717, 1.165) is 41.1 Å². The van der Waals surface area contributed by atoms with Crippen molar-refractivity contribution in [3.05, 3.63) is 82.1 Å². The largest absolute Gasteiger partial charge is 0.418 e. The normalized spacial score (nSPS) is 19.0. The van der Waals surface area contributed by atoms with Gasteiger partial charge < -0.3 is 9.47 Å². The van der Waals surface area contributed by atoms with Crippen molar-refractivity contribution in [3.63, 3.8) is 0 Å². The van der Waals surface area contributed by atoms with Gasteiger partial charge >= 0.3 is 11.9 Å². The number of alkyl halides is 3. The highest BCUT2D eigenvalue weighted by Gasteiger charge is 2.37. The molecule has 204 valence electrons. The molecule has 1 aromatic carbocycles. The third-order valence-electron chi connectivity index (χ3n) is 8.35. The highest BCUT2D eigenvalue weighted by molar-refractivity contribution is 5.73. The molecule has 6 rings (SSSR count). The van der Waals surface area contributed by atoms with E-state index in [4.69, 9.17) is 0 Å².